The minimum atomic E-state index is 0.525. The first-order chi connectivity index (χ1) is 12.7. The second-order valence-electron chi connectivity index (χ2n) is 6.77. The van der Waals surface area contributed by atoms with Gasteiger partial charge in [0.15, 0.2) is 5.82 Å². The van der Waals surface area contributed by atoms with Gasteiger partial charge in [-0.3, -0.25) is 4.98 Å². The molecule has 6 heteroatoms. The summed E-state index contributed by atoms with van der Waals surface area (Å²) in [7, 11) is 0. The molecule has 0 aromatic carbocycles. The molecule has 4 heterocycles. The molecule has 1 saturated heterocycles. The van der Waals surface area contributed by atoms with Crippen molar-refractivity contribution >= 4 is 5.82 Å². The summed E-state index contributed by atoms with van der Waals surface area (Å²) in [6.07, 6.45) is 8.76. The molecule has 1 fully saturated rings. The summed E-state index contributed by atoms with van der Waals surface area (Å²) in [6.45, 7) is 6.23. The molecule has 0 N–H and O–H groups in total. The minimum Gasteiger partial charge on any atom is -0.356 e. The molecule has 4 rings (SSSR count). The number of piperidine rings is 1. The maximum absolute atomic E-state index is 4.81. The fraction of sp³-hybridized carbons (Fsp3) is 0.400. The second kappa shape index (κ2) is 7.23. The second-order valence-corrected chi connectivity index (χ2v) is 6.77. The van der Waals surface area contributed by atoms with Crippen molar-refractivity contribution < 1.29 is 0 Å². The zero-order chi connectivity index (χ0) is 17.9. The number of aromatic nitrogens is 5. The summed E-state index contributed by atoms with van der Waals surface area (Å²) < 4.78 is 2.30. The largest absolute Gasteiger partial charge is 0.356 e. The zero-order valence-electron chi connectivity index (χ0n) is 15.3. The molecule has 0 radical (unpaired) electrons. The average molecular weight is 348 g/mol. The van der Waals surface area contributed by atoms with Crippen molar-refractivity contribution in [3.63, 3.8) is 0 Å². The fourth-order valence-corrected chi connectivity index (χ4v) is 3.56. The predicted molar refractivity (Wildman–Crippen MR) is 102 cm³/mol. The van der Waals surface area contributed by atoms with Crippen molar-refractivity contribution in [3.05, 3.63) is 54.4 Å². The van der Waals surface area contributed by atoms with Crippen molar-refractivity contribution in [1.82, 2.24) is 24.5 Å². The molecule has 1 aliphatic heterocycles. The van der Waals surface area contributed by atoms with E-state index in [9.17, 15) is 0 Å². The first kappa shape index (κ1) is 16.7. The minimum absolute atomic E-state index is 0.525. The maximum atomic E-state index is 4.81. The molecule has 3 aromatic rings. The first-order valence-corrected chi connectivity index (χ1v) is 9.27. The highest BCUT2D eigenvalue weighted by Crippen LogP contribution is 2.27. The van der Waals surface area contributed by atoms with Crippen LogP contribution in [0.5, 0.6) is 0 Å². The Bertz CT molecular complexity index is 865. The number of hydrogen-bond acceptors (Lipinski definition) is 5. The number of pyridine rings is 1. The van der Waals surface area contributed by atoms with Crippen LogP contribution in [0.25, 0.3) is 11.5 Å². The Kier molecular flexibility index (Phi) is 4.65. The number of aryl methyl sites for hydroxylation is 2. The van der Waals surface area contributed by atoms with E-state index in [0.717, 1.165) is 49.6 Å². The van der Waals surface area contributed by atoms with Crippen molar-refractivity contribution in [3.8, 4) is 11.5 Å². The van der Waals surface area contributed by atoms with Crippen molar-refractivity contribution in [2.45, 2.75) is 39.2 Å². The molecule has 134 valence electrons. The topological polar surface area (TPSA) is 59.7 Å². The van der Waals surface area contributed by atoms with Crippen LogP contribution in [0, 0.1) is 6.92 Å². The monoisotopic (exact) mass is 348 g/mol. The SMILES string of the molecule is CCc1cc(N2CCC(n3cncc3C)CC2)nc(-c2ccccn2)n1. The van der Waals surface area contributed by atoms with Crippen LogP contribution in [0.1, 0.15) is 37.2 Å². The molecular weight excluding hydrogens is 324 g/mol. The maximum Gasteiger partial charge on any atom is 0.180 e. The summed E-state index contributed by atoms with van der Waals surface area (Å²) >= 11 is 0. The van der Waals surface area contributed by atoms with Gasteiger partial charge in [0, 0.05) is 49.0 Å². The highest BCUT2D eigenvalue weighted by molar-refractivity contribution is 5.53. The number of imidazole rings is 1. The normalized spacial score (nSPS) is 15.4. The van der Waals surface area contributed by atoms with Crippen LogP contribution < -0.4 is 4.90 Å². The molecule has 0 saturated carbocycles. The molecule has 0 atom stereocenters. The molecular formula is C20H24N6. The third-order valence-electron chi connectivity index (χ3n) is 5.06. The Balaban J connectivity index is 1.56. The third kappa shape index (κ3) is 3.31. The van der Waals surface area contributed by atoms with Gasteiger partial charge in [-0.05, 0) is 38.3 Å². The van der Waals surface area contributed by atoms with Gasteiger partial charge in [0.1, 0.15) is 11.5 Å². The quantitative estimate of drug-likeness (QED) is 0.723. The number of anilines is 1. The van der Waals surface area contributed by atoms with E-state index in [-0.39, 0.29) is 0 Å². The number of hydrogen-bond donors (Lipinski definition) is 0. The van der Waals surface area contributed by atoms with Crippen LogP contribution in [-0.4, -0.2) is 37.6 Å². The van der Waals surface area contributed by atoms with Crippen LogP contribution in [0.4, 0.5) is 5.82 Å². The molecule has 0 bridgehead atoms. The van der Waals surface area contributed by atoms with Gasteiger partial charge >= 0.3 is 0 Å². The van der Waals surface area contributed by atoms with Crippen LogP contribution in [0.3, 0.4) is 0 Å². The van der Waals surface area contributed by atoms with Crippen molar-refractivity contribution in [2.24, 2.45) is 0 Å². The van der Waals surface area contributed by atoms with E-state index in [0.29, 0.717) is 11.9 Å². The van der Waals surface area contributed by atoms with E-state index in [4.69, 9.17) is 4.98 Å². The molecule has 1 aliphatic rings. The van der Waals surface area contributed by atoms with Gasteiger partial charge in [-0.15, -0.1) is 0 Å². The summed E-state index contributed by atoms with van der Waals surface area (Å²) in [5.74, 6) is 1.73. The summed E-state index contributed by atoms with van der Waals surface area (Å²) in [5, 5.41) is 0. The molecule has 6 nitrogen and oxygen atoms in total. The Morgan fingerprint density at radius 1 is 1.15 bits per heavy atom. The lowest BCUT2D eigenvalue weighted by Gasteiger charge is -2.34. The lowest BCUT2D eigenvalue weighted by Crippen LogP contribution is -2.35. The average Bonchev–Trinajstić information content (AvgIpc) is 3.14. The van der Waals surface area contributed by atoms with Gasteiger partial charge in [-0.2, -0.15) is 0 Å². The van der Waals surface area contributed by atoms with E-state index >= 15 is 0 Å². The highest BCUT2D eigenvalue weighted by atomic mass is 15.2. The van der Waals surface area contributed by atoms with Gasteiger partial charge in [-0.25, -0.2) is 15.0 Å². The summed E-state index contributed by atoms with van der Waals surface area (Å²) in [5.41, 5.74) is 3.12. The van der Waals surface area contributed by atoms with E-state index in [1.165, 1.54) is 5.69 Å². The van der Waals surface area contributed by atoms with Crippen LogP contribution in [0.15, 0.2) is 43.0 Å². The van der Waals surface area contributed by atoms with Crippen LogP contribution >= 0.6 is 0 Å². The van der Waals surface area contributed by atoms with Crippen LogP contribution in [0.2, 0.25) is 0 Å². The molecule has 26 heavy (non-hydrogen) atoms. The summed E-state index contributed by atoms with van der Waals surface area (Å²) in [4.78, 5) is 20.5. The Labute approximate surface area is 154 Å². The molecule has 3 aromatic heterocycles. The number of nitrogens with zero attached hydrogens (tertiary/aromatic N) is 6. The Morgan fingerprint density at radius 3 is 2.65 bits per heavy atom. The Hall–Kier alpha value is -2.76. The van der Waals surface area contributed by atoms with Crippen LogP contribution in [-0.2, 0) is 6.42 Å². The van der Waals surface area contributed by atoms with E-state index in [1.807, 2.05) is 30.7 Å². The van der Waals surface area contributed by atoms with Gasteiger partial charge < -0.3 is 9.47 Å². The smallest absolute Gasteiger partial charge is 0.180 e. The third-order valence-corrected chi connectivity index (χ3v) is 5.06. The highest BCUT2D eigenvalue weighted by Gasteiger charge is 2.23. The van der Waals surface area contributed by atoms with E-state index < -0.39 is 0 Å². The molecule has 0 unspecified atom stereocenters. The number of rotatable bonds is 4. The summed E-state index contributed by atoms with van der Waals surface area (Å²) in [6, 6.07) is 8.50. The van der Waals surface area contributed by atoms with Crippen molar-refractivity contribution in [1.29, 1.82) is 0 Å². The van der Waals surface area contributed by atoms with E-state index in [2.05, 4.69) is 44.3 Å². The van der Waals surface area contributed by atoms with Gasteiger partial charge in [0.05, 0.1) is 6.33 Å². The van der Waals surface area contributed by atoms with Crippen molar-refractivity contribution in [2.75, 3.05) is 18.0 Å². The molecule has 0 spiro atoms. The first-order valence-electron chi connectivity index (χ1n) is 9.27. The lowest BCUT2D eigenvalue weighted by molar-refractivity contribution is 0.389. The Morgan fingerprint density at radius 2 is 2.00 bits per heavy atom. The zero-order valence-corrected chi connectivity index (χ0v) is 15.3. The van der Waals surface area contributed by atoms with Gasteiger partial charge in [-0.1, -0.05) is 13.0 Å². The predicted octanol–water partition coefficient (Wildman–Crippen LogP) is 3.45. The lowest BCUT2D eigenvalue weighted by atomic mass is 10.0. The fourth-order valence-electron chi connectivity index (χ4n) is 3.56. The molecule has 0 aliphatic carbocycles. The molecule has 0 amide bonds. The van der Waals surface area contributed by atoms with E-state index in [1.54, 1.807) is 6.20 Å². The standard InChI is InChI=1S/C20H24N6/c1-3-16-12-19(24-20(23-16)18-6-4-5-9-22-18)25-10-7-17(8-11-25)26-14-21-13-15(26)2/h4-6,9,12-14,17H,3,7-8,10-11H2,1-2H3. The van der Waals surface area contributed by atoms with Gasteiger partial charge in [0.2, 0.25) is 0 Å². The van der Waals surface area contributed by atoms with Gasteiger partial charge in [0.25, 0.3) is 0 Å².